The fourth-order valence-electron chi connectivity index (χ4n) is 4.11. The standard InChI is InChI=1S/C20H31N3O4.HI/c1-2-18(26-9-1)3-8-21-19(22-16-4-10-24-11-5-16)23-17-6-12-27-20(14-17)7-13-25-15-20;/h1-2,9,16-17H,3-8,10-15H2,(H2,21,22,23);1H. The van der Waals surface area contributed by atoms with Gasteiger partial charge in [0.1, 0.15) is 5.76 Å². The number of furan rings is 1. The molecule has 4 rings (SSSR count). The number of aliphatic imine (C=N–C) groups is 1. The number of halogens is 1. The summed E-state index contributed by atoms with van der Waals surface area (Å²) in [6, 6.07) is 4.69. The van der Waals surface area contributed by atoms with Gasteiger partial charge < -0.3 is 29.3 Å². The normalized spacial score (nSPS) is 28.9. The predicted octanol–water partition coefficient (Wildman–Crippen LogP) is 2.49. The monoisotopic (exact) mass is 505 g/mol. The lowest BCUT2D eigenvalue weighted by molar-refractivity contribution is -0.0874. The minimum Gasteiger partial charge on any atom is -0.469 e. The first-order chi connectivity index (χ1) is 13.3. The first-order valence-electron chi connectivity index (χ1n) is 10.2. The third kappa shape index (κ3) is 6.08. The number of nitrogens with one attached hydrogen (secondary N) is 2. The minimum atomic E-state index is -0.103. The van der Waals surface area contributed by atoms with E-state index >= 15 is 0 Å². The van der Waals surface area contributed by atoms with Crippen LogP contribution in [0.3, 0.4) is 0 Å². The van der Waals surface area contributed by atoms with E-state index in [1.807, 2.05) is 12.1 Å². The number of hydrogen-bond acceptors (Lipinski definition) is 5. The molecule has 0 saturated carbocycles. The average molecular weight is 505 g/mol. The van der Waals surface area contributed by atoms with Gasteiger partial charge in [-0.25, -0.2) is 0 Å². The lowest BCUT2D eigenvalue weighted by Crippen LogP contribution is -2.54. The van der Waals surface area contributed by atoms with E-state index < -0.39 is 0 Å². The van der Waals surface area contributed by atoms with E-state index in [0.29, 0.717) is 25.2 Å². The Bertz CT molecular complexity index is 599. The van der Waals surface area contributed by atoms with Gasteiger partial charge in [-0.1, -0.05) is 0 Å². The van der Waals surface area contributed by atoms with Gasteiger partial charge in [0.2, 0.25) is 0 Å². The first-order valence-corrected chi connectivity index (χ1v) is 10.2. The van der Waals surface area contributed by atoms with Gasteiger partial charge in [0.15, 0.2) is 5.96 Å². The van der Waals surface area contributed by atoms with Crippen LogP contribution in [0.25, 0.3) is 0 Å². The van der Waals surface area contributed by atoms with Crippen molar-refractivity contribution < 1.29 is 18.6 Å². The maximum atomic E-state index is 6.06. The molecule has 0 amide bonds. The lowest BCUT2D eigenvalue weighted by atomic mass is 9.90. The Morgan fingerprint density at radius 3 is 2.64 bits per heavy atom. The zero-order valence-corrected chi connectivity index (χ0v) is 18.7. The molecule has 2 N–H and O–H groups in total. The zero-order valence-electron chi connectivity index (χ0n) is 16.4. The van der Waals surface area contributed by atoms with Crippen LogP contribution in [0.5, 0.6) is 0 Å². The van der Waals surface area contributed by atoms with Crippen molar-refractivity contribution in [1.82, 2.24) is 10.6 Å². The SMILES string of the molecule is I.c1coc(CCN=C(NC2CCOCC2)NC2CCOC3(CCOC3)C2)c1. The second kappa shape index (κ2) is 10.8. The molecule has 1 spiro atoms. The van der Waals surface area contributed by atoms with Crippen LogP contribution < -0.4 is 10.6 Å². The summed E-state index contributed by atoms with van der Waals surface area (Å²) in [5.41, 5.74) is -0.103. The topological polar surface area (TPSA) is 77.3 Å². The summed E-state index contributed by atoms with van der Waals surface area (Å²) < 4.78 is 22.6. The maximum Gasteiger partial charge on any atom is 0.191 e. The maximum absolute atomic E-state index is 6.06. The largest absolute Gasteiger partial charge is 0.469 e. The van der Waals surface area contributed by atoms with Crippen molar-refractivity contribution >= 4 is 29.9 Å². The fraction of sp³-hybridized carbons (Fsp3) is 0.750. The van der Waals surface area contributed by atoms with Gasteiger partial charge in [-0.15, -0.1) is 24.0 Å². The number of guanidine groups is 1. The van der Waals surface area contributed by atoms with Crippen molar-refractivity contribution in [3.8, 4) is 0 Å². The number of nitrogens with zero attached hydrogens (tertiary/aromatic N) is 1. The van der Waals surface area contributed by atoms with Crippen LogP contribution in [0.2, 0.25) is 0 Å². The van der Waals surface area contributed by atoms with Crippen molar-refractivity contribution in [3.63, 3.8) is 0 Å². The Morgan fingerprint density at radius 1 is 1.07 bits per heavy atom. The first kappa shape index (κ1) is 21.9. The molecule has 1 aromatic rings. The molecule has 2 unspecified atom stereocenters. The van der Waals surface area contributed by atoms with Crippen LogP contribution in [-0.4, -0.2) is 63.2 Å². The van der Waals surface area contributed by atoms with Gasteiger partial charge >= 0.3 is 0 Å². The second-order valence-electron chi connectivity index (χ2n) is 7.76. The Hall–Kier alpha value is -0.840. The van der Waals surface area contributed by atoms with E-state index in [1.54, 1.807) is 6.26 Å². The molecule has 1 aromatic heterocycles. The van der Waals surface area contributed by atoms with E-state index in [2.05, 4.69) is 10.6 Å². The highest BCUT2D eigenvalue weighted by Crippen LogP contribution is 2.32. The van der Waals surface area contributed by atoms with E-state index in [4.69, 9.17) is 23.6 Å². The predicted molar refractivity (Wildman–Crippen MR) is 117 cm³/mol. The van der Waals surface area contributed by atoms with Crippen LogP contribution in [-0.2, 0) is 20.6 Å². The molecule has 0 bridgehead atoms. The molecule has 3 aliphatic heterocycles. The van der Waals surface area contributed by atoms with Crippen LogP contribution in [0.15, 0.2) is 27.8 Å². The summed E-state index contributed by atoms with van der Waals surface area (Å²) in [6.45, 7) is 4.62. The van der Waals surface area contributed by atoms with E-state index in [0.717, 1.165) is 76.7 Å². The van der Waals surface area contributed by atoms with Gasteiger partial charge in [0.05, 0.1) is 18.5 Å². The number of rotatable bonds is 5. The molecule has 4 heterocycles. The molecule has 0 aromatic carbocycles. The second-order valence-corrected chi connectivity index (χ2v) is 7.76. The number of ether oxygens (including phenoxy) is 3. The smallest absolute Gasteiger partial charge is 0.191 e. The molecule has 158 valence electrons. The average Bonchev–Trinajstić information content (AvgIpc) is 3.35. The Labute approximate surface area is 184 Å². The lowest BCUT2D eigenvalue weighted by Gasteiger charge is -2.38. The van der Waals surface area contributed by atoms with Crippen molar-refractivity contribution in [3.05, 3.63) is 24.2 Å². The molecule has 3 aliphatic rings. The molecule has 28 heavy (non-hydrogen) atoms. The molecule has 0 radical (unpaired) electrons. The molecule has 3 fully saturated rings. The molecule has 7 nitrogen and oxygen atoms in total. The summed E-state index contributed by atoms with van der Waals surface area (Å²) >= 11 is 0. The van der Waals surface area contributed by atoms with Crippen molar-refractivity contribution in [2.75, 3.05) is 39.6 Å². The quantitative estimate of drug-likeness (QED) is 0.364. The van der Waals surface area contributed by atoms with Crippen molar-refractivity contribution in [2.24, 2.45) is 4.99 Å². The van der Waals surface area contributed by atoms with Gasteiger partial charge in [0, 0.05) is 57.9 Å². The Kier molecular flexibility index (Phi) is 8.43. The third-order valence-corrected chi connectivity index (χ3v) is 5.67. The summed E-state index contributed by atoms with van der Waals surface area (Å²) in [5.74, 6) is 1.87. The van der Waals surface area contributed by atoms with Gasteiger partial charge in [-0.2, -0.15) is 0 Å². The zero-order chi connectivity index (χ0) is 18.4. The Balaban J connectivity index is 0.00000225. The van der Waals surface area contributed by atoms with Gasteiger partial charge in [0.25, 0.3) is 0 Å². The summed E-state index contributed by atoms with van der Waals surface area (Å²) in [7, 11) is 0. The van der Waals surface area contributed by atoms with Gasteiger partial charge in [-0.3, -0.25) is 4.99 Å². The fourth-order valence-corrected chi connectivity index (χ4v) is 4.11. The molecular weight excluding hydrogens is 473 g/mol. The summed E-state index contributed by atoms with van der Waals surface area (Å²) in [4.78, 5) is 4.82. The molecular formula is C20H32IN3O4. The van der Waals surface area contributed by atoms with E-state index in [1.165, 1.54) is 0 Å². The summed E-state index contributed by atoms with van der Waals surface area (Å²) in [5, 5.41) is 7.28. The number of hydrogen-bond donors (Lipinski definition) is 2. The van der Waals surface area contributed by atoms with E-state index in [-0.39, 0.29) is 29.6 Å². The minimum absolute atomic E-state index is 0. The van der Waals surface area contributed by atoms with Gasteiger partial charge in [-0.05, 0) is 37.8 Å². The van der Waals surface area contributed by atoms with Crippen molar-refractivity contribution in [2.45, 2.75) is 56.2 Å². The molecule has 8 heteroatoms. The Morgan fingerprint density at radius 2 is 1.89 bits per heavy atom. The van der Waals surface area contributed by atoms with E-state index in [9.17, 15) is 0 Å². The highest BCUT2D eigenvalue weighted by molar-refractivity contribution is 14.0. The van der Waals surface area contributed by atoms with Crippen LogP contribution in [0.4, 0.5) is 0 Å². The van der Waals surface area contributed by atoms with Crippen LogP contribution >= 0.6 is 24.0 Å². The molecule has 2 atom stereocenters. The van der Waals surface area contributed by atoms with Crippen molar-refractivity contribution in [1.29, 1.82) is 0 Å². The van der Waals surface area contributed by atoms with Crippen LogP contribution in [0.1, 0.15) is 37.9 Å². The highest BCUT2D eigenvalue weighted by Gasteiger charge is 2.41. The molecule has 0 aliphatic carbocycles. The third-order valence-electron chi connectivity index (χ3n) is 5.67. The molecule has 3 saturated heterocycles. The van der Waals surface area contributed by atoms with Crippen LogP contribution in [0, 0.1) is 0 Å². The highest BCUT2D eigenvalue weighted by atomic mass is 127. The summed E-state index contributed by atoms with van der Waals surface area (Å²) in [6.07, 6.45) is 7.51.